The molecule has 0 aliphatic rings. The Hall–Kier alpha value is -2.30. The number of H-pyrrole nitrogens is 1. The average Bonchev–Trinajstić information content (AvgIpc) is 2.79. The van der Waals surface area contributed by atoms with Gasteiger partial charge in [0.15, 0.2) is 0 Å². The molecule has 0 radical (unpaired) electrons. The topological polar surface area (TPSA) is 82.2 Å². The second-order valence-electron chi connectivity index (χ2n) is 5.64. The summed E-state index contributed by atoms with van der Waals surface area (Å²) in [6.07, 6.45) is 0.0469. The Kier molecular flexibility index (Phi) is 4.31. The molecule has 1 atom stereocenters. The molecule has 112 valence electrons. The van der Waals surface area contributed by atoms with Gasteiger partial charge in [-0.1, -0.05) is 13.0 Å². The van der Waals surface area contributed by atoms with Crippen LogP contribution in [0.4, 0.5) is 0 Å². The summed E-state index contributed by atoms with van der Waals surface area (Å²) in [6.45, 7) is 6.17. The van der Waals surface area contributed by atoms with Crippen LogP contribution in [0.2, 0.25) is 0 Å². The van der Waals surface area contributed by atoms with Gasteiger partial charge in [-0.2, -0.15) is 0 Å². The number of hydrogen-bond donors (Lipinski definition) is 3. The van der Waals surface area contributed by atoms with Crippen LogP contribution in [0.25, 0.3) is 10.9 Å². The molecule has 0 aliphatic carbocycles. The number of carbonyl (C=O) groups excluding carboxylic acids is 1. The predicted molar refractivity (Wildman–Crippen MR) is 81.5 cm³/mol. The quantitative estimate of drug-likeness (QED) is 0.791. The summed E-state index contributed by atoms with van der Waals surface area (Å²) in [7, 11) is 0. The number of aryl methyl sites for hydroxylation is 2. The molecule has 1 amide bonds. The highest BCUT2D eigenvalue weighted by Gasteiger charge is 2.13. The van der Waals surface area contributed by atoms with Gasteiger partial charge >= 0.3 is 5.97 Å². The van der Waals surface area contributed by atoms with Gasteiger partial charge in [0.25, 0.3) is 5.91 Å². The summed E-state index contributed by atoms with van der Waals surface area (Å²) in [4.78, 5) is 25.8. The maximum atomic E-state index is 12.1. The van der Waals surface area contributed by atoms with E-state index in [1.54, 1.807) is 6.92 Å². The number of carboxylic acids is 1. The minimum atomic E-state index is -0.853. The highest BCUT2D eigenvalue weighted by molar-refractivity contribution is 5.99. The Balaban J connectivity index is 2.09. The second-order valence-corrected chi connectivity index (χ2v) is 5.64. The van der Waals surface area contributed by atoms with E-state index >= 15 is 0 Å². The lowest BCUT2D eigenvalue weighted by Crippen LogP contribution is -2.29. The van der Waals surface area contributed by atoms with Gasteiger partial charge in [-0.05, 0) is 43.0 Å². The van der Waals surface area contributed by atoms with Gasteiger partial charge in [0.05, 0.1) is 0 Å². The van der Waals surface area contributed by atoms with Crippen molar-refractivity contribution in [3.63, 3.8) is 0 Å². The first-order valence-electron chi connectivity index (χ1n) is 6.96. The number of amides is 1. The standard InChI is InChI=1S/C16H20N2O3/c1-9-4-11(3)12-7-14(18-13(12)5-9)16(21)17-8-10(2)6-15(19)20/h4-5,7,10,18H,6,8H2,1-3H3,(H,17,21)(H,19,20). The van der Waals surface area contributed by atoms with Gasteiger partial charge in [-0.3, -0.25) is 9.59 Å². The lowest BCUT2D eigenvalue weighted by molar-refractivity contribution is -0.137. The molecule has 2 rings (SSSR count). The summed E-state index contributed by atoms with van der Waals surface area (Å²) in [6, 6.07) is 5.92. The molecule has 3 N–H and O–H groups in total. The molecule has 1 aromatic carbocycles. The molecule has 5 nitrogen and oxygen atoms in total. The molecule has 1 unspecified atom stereocenters. The summed E-state index contributed by atoms with van der Waals surface area (Å²) in [5.41, 5.74) is 3.71. The van der Waals surface area contributed by atoms with E-state index in [1.807, 2.05) is 26.0 Å². The van der Waals surface area contributed by atoms with Gasteiger partial charge in [-0.15, -0.1) is 0 Å². The Morgan fingerprint density at radius 3 is 2.67 bits per heavy atom. The van der Waals surface area contributed by atoms with Gasteiger partial charge in [0.2, 0.25) is 0 Å². The zero-order valence-electron chi connectivity index (χ0n) is 12.5. The van der Waals surface area contributed by atoms with E-state index in [1.165, 1.54) is 0 Å². The fraction of sp³-hybridized carbons (Fsp3) is 0.375. The fourth-order valence-corrected chi connectivity index (χ4v) is 2.45. The summed E-state index contributed by atoms with van der Waals surface area (Å²) in [5, 5.41) is 12.5. The van der Waals surface area contributed by atoms with Crippen molar-refractivity contribution in [2.24, 2.45) is 5.92 Å². The molecule has 2 aromatic rings. The third-order valence-corrected chi connectivity index (χ3v) is 3.47. The van der Waals surface area contributed by atoms with Crippen molar-refractivity contribution >= 4 is 22.8 Å². The van der Waals surface area contributed by atoms with Crippen molar-refractivity contribution in [3.05, 3.63) is 35.0 Å². The lowest BCUT2D eigenvalue weighted by Gasteiger charge is -2.09. The minimum Gasteiger partial charge on any atom is -0.481 e. The molecular weight excluding hydrogens is 268 g/mol. The largest absolute Gasteiger partial charge is 0.481 e. The predicted octanol–water partition coefficient (Wildman–Crippen LogP) is 2.63. The highest BCUT2D eigenvalue weighted by Crippen LogP contribution is 2.21. The van der Waals surface area contributed by atoms with Crippen molar-refractivity contribution in [2.75, 3.05) is 6.54 Å². The Morgan fingerprint density at radius 1 is 1.29 bits per heavy atom. The van der Waals surface area contributed by atoms with Crippen LogP contribution in [0.15, 0.2) is 18.2 Å². The Bertz CT molecular complexity index is 688. The van der Waals surface area contributed by atoms with E-state index in [0.717, 1.165) is 22.0 Å². The molecule has 0 saturated carbocycles. The number of benzene rings is 1. The molecule has 1 heterocycles. The van der Waals surface area contributed by atoms with Crippen molar-refractivity contribution in [1.82, 2.24) is 10.3 Å². The molecule has 1 aromatic heterocycles. The van der Waals surface area contributed by atoms with E-state index in [9.17, 15) is 9.59 Å². The fourth-order valence-electron chi connectivity index (χ4n) is 2.45. The van der Waals surface area contributed by atoms with Crippen molar-refractivity contribution in [3.8, 4) is 0 Å². The third kappa shape index (κ3) is 3.62. The normalized spacial score (nSPS) is 12.3. The van der Waals surface area contributed by atoms with Crippen LogP contribution in [0.5, 0.6) is 0 Å². The zero-order chi connectivity index (χ0) is 15.6. The first kappa shape index (κ1) is 15.1. The summed E-state index contributed by atoms with van der Waals surface area (Å²) in [5.74, 6) is -1.16. The number of nitrogens with one attached hydrogen (secondary N) is 2. The monoisotopic (exact) mass is 288 g/mol. The first-order valence-corrected chi connectivity index (χ1v) is 6.96. The van der Waals surface area contributed by atoms with Crippen molar-refractivity contribution < 1.29 is 14.7 Å². The summed E-state index contributed by atoms with van der Waals surface area (Å²) < 4.78 is 0. The number of aliphatic carboxylic acids is 1. The van der Waals surface area contributed by atoms with Crippen LogP contribution < -0.4 is 5.32 Å². The van der Waals surface area contributed by atoms with E-state index in [4.69, 9.17) is 5.11 Å². The van der Waals surface area contributed by atoms with E-state index in [-0.39, 0.29) is 18.2 Å². The van der Waals surface area contributed by atoms with Crippen LogP contribution >= 0.6 is 0 Å². The average molecular weight is 288 g/mol. The van der Waals surface area contributed by atoms with Gasteiger partial charge in [-0.25, -0.2) is 0 Å². The van der Waals surface area contributed by atoms with Crippen LogP contribution in [0.1, 0.15) is 35.0 Å². The molecule has 0 saturated heterocycles. The van der Waals surface area contributed by atoms with Crippen molar-refractivity contribution in [2.45, 2.75) is 27.2 Å². The maximum Gasteiger partial charge on any atom is 0.303 e. The number of rotatable bonds is 5. The SMILES string of the molecule is Cc1cc(C)c2cc(C(=O)NCC(C)CC(=O)O)[nH]c2c1. The maximum absolute atomic E-state index is 12.1. The number of carbonyl (C=O) groups is 2. The third-order valence-electron chi connectivity index (χ3n) is 3.47. The minimum absolute atomic E-state index is 0.0469. The lowest BCUT2D eigenvalue weighted by atomic mass is 10.1. The highest BCUT2D eigenvalue weighted by atomic mass is 16.4. The molecule has 0 aliphatic heterocycles. The second kappa shape index (κ2) is 5.99. The van der Waals surface area contributed by atoms with Gasteiger partial charge in [0, 0.05) is 23.9 Å². The van der Waals surface area contributed by atoms with Crippen molar-refractivity contribution in [1.29, 1.82) is 0 Å². The first-order chi connectivity index (χ1) is 9.86. The van der Waals surface area contributed by atoms with Crippen LogP contribution in [0.3, 0.4) is 0 Å². The van der Waals surface area contributed by atoms with Crippen LogP contribution in [0, 0.1) is 19.8 Å². The van der Waals surface area contributed by atoms with E-state index in [2.05, 4.69) is 16.4 Å². The zero-order valence-corrected chi connectivity index (χ0v) is 12.5. The number of hydrogen-bond acceptors (Lipinski definition) is 2. The number of aromatic amines is 1. The van der Waals surface area contributed by atoms with E-state index in [0.29, 0.717) is 12.2 Å². The number of fused-ring (bicyclic) bond motifs is 1. The van der Waals surface area contributed by atoms with Crippen LogP contribution in [-0.2, 0) is 4.79 Å². The number of aromatic nitrogens is 1. The van der Waals surface area contributed by atoms with Gasteiger partial charge < -0.3 is 15.4 Å². The van der Waals surface area contributed by atoms with Gasteiger partial charge in [0.1, 0.15) is 5.69 Å². The molecule has 5 heteroatoms. The molecule has 21 heavy (non-hydrogen) atoms. The van der Waals surface area contributed by atoms with Crippen LogP contribution in [-0.4, -0.2) is 28.5 Å². The molecule has 0 fully saturated rings. The molecular formula is C16H20N2O3. The Morgan fingerprint density at radius 2 is 2.00 bits per heavy atom. The molecule has 0 spiro atoms. The Labute approximate surface area is 123 Å². The molecule has 0 bridgehead atoms. The number of carboxylic acid groups (broad SMARTS) is 1. The van der Waals surface area contributed by atoms with E-state index < -0.39 is 5.97 Å². The summed E-state index contributed by atoms with van der Waals surface area (Å²) >= 11 is 0. The smallest absolute Gasteiger partial charge is 0.303 e.